The van der Waals surface area contributed by atoms with E-state index in [9.17, 15) is 24.6 Å². The molecule has 7 nitrogen and oxygen atoms in total. The summed E-state index contributed by atoms with van der Waals surface area (Å²) >= 11 is 3.33. The van der Waals surface area contributed by atoms with E-state index in [2.05, 4.69) is 15.9 Å². The van der Waals surface area contributed by atoms with Crippen molar-refractivity contribution in [1.29, 1.82) is 0 Å². The lowest BCUT2D eigenvalue weighted by molar-refractivity contribution is -0.132. The molecule has 172 valence electrons. The van der Waals surface area contributed by atoms with Gasteiger partial charge in [-0.1, -0.05) is 40.2 Å². The Hall–Kier alpha value is -3.91. The Morgan fingerprint density at radius 1 is 1.00 bits per heavy atom. The van der Waals surface area contributed by atoms with Crippen molar-refractivity contribution in [3.63, 3.8) is 0 Å². The van der Waals surface area contributed by atoms with Gasteiger partial charge in [-0.15, -0.1) is 0 Å². The monoisotopic (exact) mass is 521 g/mol. The lowest BCUT2D eigenvalue weighted by Crippen LogP contribution is -2.29. The summed E-state index contributed by atoms with van der Waals surface area (Å²) in [4.78, 5) is 39.6. The summed E-state index contributed by atoms with van der Waals surface area (Å²) in [5.41, 5.74) is 1.34. The number of carbonyl (C=O) groups is 3. The van der Waals surface area contributed by atoms with Gasteiger partial charge < -0.3 is 14.9 Å². The third-order valence-electron chi connectivity index (χ3n) is 5.40. The number of aromatic hydroxyl groups is 1. The zero-order valence-electron chi connectivity index (χ0n) is 18.1. The number of phenolic OH excluding ortho intramolecular Hbond substituents is 1. The zero-order valence-corrected chi connectivity index (χ0v) is 19.7. The number of aliphatic hydroxyl groups is 1. The lowest BCUT2D eigenvalue weighted by atomic mass is 9.95. The maximum absolute atomic E-state index is 13.2. The molecule has 0 spiro atoms. The fourth-order valence-corrected chi connectivity index (χ4v) is 4.11. The average molecular weight is 522 g/mol. The third-order valence-corrected chi connectivity index (χ3v) is 5.93. The first-order chi connectivity index (χ1) is 16.3. The van der Waals surface area contributed by atoms with Gasteiger partial charge in [0.05, 0.1) is 23.8 Å². The van der Waals surface area contributed by atoms with E-state index in [1.165, 1.54) is 41.3 Å². The number of carbonyl (C=O) groups excluding carboxylic acids is 3. The highest BCUT2D eigenvalue weighted by atomic mass is 79.9. The predicted octanol–water partition coefficient (Wildman–Crippen LogP) is 4.96. The largest absolute Gasteiger partial charge is 0.508 e. The molecule has 1 unspecified atom stereocenters. The molecule has 3 aromatic carbocycles. The summed E-state index contributed by atoms with van der Waals surface area (Å²) in [6.45, 7) is 1.93. The molecule has 1 saturated heterocycles. The predicted molar refractivity (Wildman–Crippen MR) is 129 cm³/mol. The molecule has 1 aliphatic rings. The standard InChI is InChI=1S/C26H20BrNO6/c1-2-34-26(33)16-8-12-19(13-9-16)28-22(17-4-3-5-20(29)14-17)21(24(31)25(28)32)23(30)15-6-10-18(27)11-7-15/h3-14,22,29-30H,2H2,1H3/b23-21+. The molecule has 0 radical (unpaired) electrons. The van der Waals surface area contributed by atoms with Gasteiger partial charge in [0, 0.05) is 15.7 Å². The van der Waals surface area contributed by atoms with E-state index in [4.69, 9.17) is 4.74 Å². The van der Waals surface area contributed by atoms with Crippen molar-refractivity contribution in [2.75, 3.05) is 11.5 Å². The van der Waals surface area contributed by atoms with Gasteiger partial charge in [-0.05, 0) is 61.0 Å². The van der Waals surface area contributed by atoms with Crippen molar-refractivity contribution in [3.8, 4) is 5.75 Å². The molecule has 0 saturated carbocycles. The Morgan fingerprint density at radius 2 is 1.65 bits per heavy atom. The minimum absolute atomic E-state index is 0.0515. The summed E-state index contributed by atoms with van der Waals surface area (Å²) in [6.07, 6.45) is 0. The zero-order chi connectivity index (χ0) is 24.4. The molecule has 0 aliphatic carbocycles. The van der Waals surface area contributed by atoms with Crippen LogP contribution in [0.2, 0.25) is 0 Å². The minimum Gasteiger partial charge on any atom is -0.508 e. The van der Waals surface area contributed by atoms with Crippen molar-refractivity contribution >= 4 is 45.0 Å². The molecule has 1 atom stereocenters. The van der Waals surface area contributed by atoms with Crippen LogP contribution in [-0.4, -0.2) is 34.5 Å². The second-order valence-corrected chi connectivity index (χ2v) is 8.45. The number of ketones is 1. The number of halogens is 1. The van der Waals surface area contributed by atoms with Crippen LogP contribution < -0.4 is 4.90 Å². The number of ether oxygens (including phenoxy) is 1. The first kappa shape index (κ1) is 23.3. The Labute approximate surface area is 204 Å². The molecule has 0 bridgehead atoms. The van der Waals surface area contributed by atoms with Crippen LogP contribution in [0.25, 0.3) is 5.76 Å². The number of amides is 1. The number of hydrogen-bond acceptors (Lipinski definition) is 6. The maximum atomic E-state index is 13.2. The molecule has 0 aromatic heterocycles. The number of Topliss-reactive ketones (excluding diaryl/α,β-unsaturated/α-hetero) is 1. The van der Waals surface area contributed by atoms with Gasteiger partial charge in [0.1, 0.15) is 11.5 Å². The normalized spacial score (nSPS) is 17.1. The summed E-state index contributed by atoms with van der Waals surface area (Å²) in [7, 11) is 0. The second-order valence-electron chi connectivity index (χ2n) is 7.54. The molecule has 8 heteroatoms. The van der Waals surface area contributed by atoms with Crippen LogP contribution in [-0.2, 0) is 14.3 Å². The second kappa shape index (κ2) is 9.52. The summed E-state index contributed by atoms with van der Waals surface area (Å²) in [6, 6.07) is 17.9. The number of phenols is 1. The Balaban J connectivity index is 1.86. The molecular weight excluding hydrogens is 502 g/mol. The van der Waals surface area contributed by atoms with Crippen LogP contribution in [0.1, 0.15) is 34.5 Å². The molecule has 2 N–H and O–H groups in total. The molecular formula is C26H20BrNO6. The van der Waals surface area contributed by atoms with E-state index >= 15 is 0 Å². The average Bonchev–Trinajstić information content (AvgIpc) is 3.10. The van der Waals surface area contributed by atoms with Crippen molar-refractivity contribution < 1.29 is 29.3 Å². The fraction of sp³-hybridized carbons (Fsp3) is 0.115. The highest BCUT2D eigenvalue weighted by Gasteiger charge is 2.47. The van der Waals surface area contributed by atoms with Gasteiger partial charge in [0.2, 0.25) is 0 Å². The summed E-state index contributed by atoms with van der Waals surface area (Å²) < 4.78 is 5.78. The highest BCUT2D eigenvalue weighted by molar-refractivity contribution is 9.10. The van der Waals surface area contributed by atoms with Crippen LogP contribution in [0, 0.1) is 0 Å². The molecule has 1 aliphatic heterocycles. The van der Waals surface area contributed by atoms with Crippen molar-refractivity contribution in [1.82, 2.24) is 0 Å². The van der Waals surface area contributed by atoms with Crippen LogP contribution in [0.5, 0.6) is 5.75 Å². The highest BCUT2D eigenvalue weighted by Crippen LogP contribution is 2.42. The van der Waals surface area contributed by atoms with E-state index in [1.54, 1.807) is 43.3 Å². The Kier molecular flexibility index (Phi) is 6.51. The maximum Gasteiger partial charge on any atom is 0.338 e. The fourth-order valence-electron chi connectivity index (χ4n) is 3.84. The quantitative estimate of drug-likeness (QED) is 0.213. The number of benzene rings is 3. The van der Waals surface area contributed by atoms with E-state index in [1.807, 2.05) is 0 Å². The van der Waals surface area contributed by atoms with Gasteiger partial charge in [-0.3, -0.25) is 14.5 Å². The molecule has 1 fully saturated rings. The van der Waals surface area contributed by atoms with Crippen LogP contribution in [0.3, 0.4) is 0 Å². The molecule has 1 amide bonds. The summed E-state index contributed by atoms with van der Waals surface area (Å²) in [5.74, 6) is -2.58. The van der Waals surface area contributed by atoms with E-state index in [-0.39, 0.29) is 23.7 Å². The van der Waals surface area contributed by atoms with Gasteiger partial charge in [0.15, 0.2) is 0 Å². The first-order valence-electron chi connectivity index (χ1n) is 10.4. The number of esters is 1. The van der Waals surface area contributed by atoms with Gasteiger partial charge >= 0.3 is 5.97 Å². The molecule has 4 rings (SSSR count). The van der Waals surface area contributed by atoms with Crippen LogP contribution >= 0.6 is 15.9 Å². The molecule has 34 heavy (non-hydrogen) atoms. The van der Waals surface area contributed by atoms with E-state index < -0.39 is 23.7 Å². The number of hydrogen-bond donors (Lipinski definition) is 2. The van der Waals surface area contributed by atoms with Gasteiger partial charge in [-0.2, -0.15) is 0 Å². The van der Waals surface area contributed by atoms with Crippen LogP contribution in [0.15, 0.2) is 82.8 Å². The number of anilines is 1. The number of aliphatic hydroxyl groups excluding tert-OH is 1. The molecule has 3 aromatic rings. The summed E-state index contributed by atoms with van der Waals surface area (Å²) in [5, 5.41) is 21.1. The Bertz CT molecular complexity index is 1300. The van der Waals surface area contributed by atoms with E-state index in [0.717, 1.165) is 4.47 Å². The number of nitrogens with zero attached hydrogens (tertiary/aromatic N) is 1. The van der Waals surface area contributed by atoms with E-state index in [0.29, 0.717) is 22.4 Å². The number of rotatable bonds is 5. The van der Waals surface area contributed by atoms with Crippen molar-refractivity contribution in [2.24, 2.45) is 0 Å². The smallest absolute Gasteiger partial charge is 0.338 e. The SMILES string of the molecule is CCOC(=O)c1ccc(N2C(=O)C(=O)/C(=C(/O)c3ccc(Br)cc3)C2c2cccc(O)c2)cc1. The van der Waals surface area contributed by atoms with Gasteiger partial charge in [-0.25, -0.2) is 4.79 Å². The van der Waals surface area contributed by atoms with Crippen molar-refractivity contribution in [3.05, 3.63) is 99.5 Å². The van der Waals surface area contributed by atoms with Crippen LogP contribution in [0.4, 0.5) is 5.69 Å². The van der Waals surface area contributed by atoms with Crippen molar-refractivity contribution in [2.45, 2.75) is 13.0 Å². The Morgan fingerprint density at radius 3 is 2.26 bits per heavy atom. The minimum atomic E-state index is -0.996. The third kappa shape index (κ3) is 4.32. The topological polar surface area (TPSA) is 104 Å². The molecule has 1 heterocycles. The van der Waals surface area contributed by atoms with Gasteiger partial charge in [0.25, 0.3) is 11.7 Å². The lowest BCUT2D eigenvalue weighted by Gasteiger charge is -2.25. The first-order valence-corrected chi connectivity index (χ1v) is 11.2.